The van der Waals surface area contributed by atoms with E-state index in [-0.39, 0.29) is 25.5 Å². The molecule has 0 spiro atoms. The van der Waals surface area contributed by atoms with Gasteiger partial charge in [-0.3, -0.25) is 9.13 Å². The number of halogens is 4. The van der Waals surface area contributed by atoms with Crippen LogP contribution in [0, 0.1) is 0 Å². The summed E-state index contributed by atoms with van der Waals surface area (Å²) >= 11 is 22.0. The molecule has 1 fully saturated rings. The van der Waals surface area contributed by atoms with Crippen molar-refractivity contribution in [2.24, 2.45) is 0 Å². The molecular formula is C14H30Cl4N4O6P2. The number of carbonyl (C=O) groups is 1. The summed E-state index contributed by atoms with van der Waals surface area (Å²) < 4.78 is 35.8. The predicted molar refractivity (Wildman–Crippen MR) is 122 cm³/mol. The van der Waals surface area contributed by atoms with Crippen molar-refractivity contribution in [3.05, 3.63) is 0 Å². The average Bonchev–Trinajstić information content (AvgIpc) is 2.73. The second-order valence-electron chi connectivity index (χ2n) is 5.61. The molecule has 0 aromatic heterocycles. The first kappa shape index (κ1) is 31.0. The maximum absolute atomic E-state index is 12.2. The Labute approximate surface area is 197 Å². The van der Waals surface area contributed by atoms with Crippen molar-refractivity contribution in [2.45, 2.75) is 19.1 Å². The molecule has 16 heteroatoms. The summed E-state index contributed by atoms with van der Waals surface area (Å²) in [4.78, 5) is 10.1. The molecular weight excluding hydrogens is 524 g/mol. The fourth-order valence-corrected chi connectivity index (χ4v) is 6.57. The quantitative estimate of drug-likeness (QED) is 0.104. The highest BCUT2D eigenvalue weighted by Gasteiger charge is 2.39. The van der Waals surface area contributed by atoms with Gasteiger partial charge in [-0.25, -0.2) is 15.3 Å². The standard InChI is InChI=1S/2C7H15Cl2N2O3P/c8-2-4-10-15(13)11(5-3-9)7(12)1-6-14-15;8-2-4-10-15(13,11-5-3-9)14-7-1-6-12/h7,12H,1-6H2,(H,10,13);6H,1-5,7H2,(H2,10,11,13). The predicted octanol–water partition coefficient (Wildman–Crippen LogP) is 2.56. The van der Waals surface area contributed by atoms with Gasteiger partial charge >= 0.3 is 15.3 Å². The smallest absolute Gasteiger partial charge is 0.345 e. The van der Waals surface area contributed by atoms with Gasteiger partial charge in [0.05, 0.1) is 13.2 Å². The van der Waals surface area contributed by atoms with E-state index in [1.165, 1.54) is 4.67 Å². The van der Waals surface area contributed by atoms with Crippen LogP contribution < -0.4 is 15.3 Å². The molecule has 1 rings (SSSR count). The third kappa shape index (κ3) is 12.9. The first-order valence-electron chi connectivity index (χ1n) is 9.19. The Morgan fingerprint density at radius 2 is 1.73 bits per heavy atom. The molecule has 0 saturated carbocycles. The van der Waals surface area contributed by atoms with Gasteiger partial charge in [0.1, 0.15) is 12.5 Å². The van der Waals surface area contributed by atoms with E-state index in [2.05, 4.69) is 15.3 Å². The highest BCUT2D eigenvalue weighted by atomic mass is 35.5. The van der Waals surface area contributed by atoms with Gasteiger partial charge in [0.2, 0.25) is 0 Å². The number of nitrogens with one attached hydrogen (secondary N) is 3. The number of aldehydes is 1. The third-order valence-electron chi connectivity index (χ3n) is 3.38. The summed E-state index contributed by atoms with van der Waals surface area (Å²) in [6.07, 6.45) is 0.567. The Balaban J connectivity index is 0.000000561. The van der Waals surface area contributed by atoms with E-state index >= 15 is 0 Å². The van der Waals surface area contributed by atoms with E-state index in [9.17, 15) is 19.0 Å². The van der Waals surface area contributed by atoms with Crippen molar-refractivity contribution >= 4 is 68.0 Å². The van der Waals surface area contributed by atoms with Crippen LogP contribution in [0.15, 0.2) is 0 Å². The van der Waals surface area contributed by atoms with Crippen LogP contribution in [0.2, 0.25) is 0 Å². The van der Waals surface area contributed by atoms with E-state index in [1.807, 2.05) is 0 Å². The minimum absolute atomic E-state index is 0.103. The normalized spacial score (nSPS) is 22.4. The van der Waals surface area contributed by atoms with Gasteiger partial charge in [-0.1, -0.05) is 0 Å². The Morgan fingerprint density at radius 3 is 2.23 bits per heavy atom. The monoisotopic (exact) mass is 552 g/mol. The second kappa shape index (κ2) is 18.4. The molecule has 0 aliphatic carbocycles. The highest BCUT2D eigenvalue weighted by Crippen LogP contribution is 2.50. The van der Waals surface area contributed by atoms with Crippen LogP contribution in [0.1, 0.15) is 12.8 Å². The van der Waals surface area contributed by atoms with Crippen LogP contribution in [-0.2, 0) is 23.0 Å². The average molecular weight is 554 g/mol. The molecule has 0 bridgehead atoms. The zero-order valence-corrected chi connectivity index (χ0v) is 21.3. The molecule has 2 atom stereocenters. The highest BCUT2D eigenvalue weighted by molar-refractivity contribution is 7.54. The molecule has 2 unspecified atom stereocenters. The fraction of sp³-hybridized carbons (Fsp3) is 0.929. The van der Waals surface area contributed by atoms with Crippen molar-refractivity contribution in [1.82, 2.24) is 19.9 Å². The molecule has 1 heterocycles. The van der Waals surface area contributed by atoms with Crippen molar-refractivity contribution in [1.29, 1.82) is 0 Å². The lowest BCUT2D eigenvalue weighted by Gasteiger charge is -2.38. The second-order valence-corrected chi connectivity index (χ2v) is 11.2. The van der Waals surface area contributed by atoms with Gasteiger partial charge in [0, 0.05) is 62.5 Å². The van der Waals surface area contributed by atoms with Crippen LogP contribution in [-0.4, -0.2) is 85.2 Å². The minimum Gasteiger partial charge on any atom is -0.378 e. The van der Waals surface area contributed by atoms with Crippen molar-refractivity contribution in [3.8, 4) is 0 Å². The zero-order chi connectivity index (χ0) is 22.9. The first-order chi connectivity index (χ1) is 14.3. The molecule has 0 aromatic carbocycles. The molecule has 1 aliphatic rings. The first-order valence-corrected chi connectivity index (χ1v) is 14.5. The van der Waals surface area contributed by atoms with Crippen LogP contribution in [0.3, 0.4) is 0 Å². The van der Waals surface area contributed by atoms with Crippen LogP contribution >= 0.6 is 61.7 Å². The lowest BCUT2D eigenvalue weighted by atomic mass is 10.4. The van der Waals surface area contributed by atoms with Gasteiger partial charge in [-0.2, -0.15) is 4.67 Å². The fourth-order valence-electron chi connectivity index (χ4n) is 2.12. The summed E-state index contributed by atoms with van der Waals surface area (Å²) in [5, 5.41) is 17.7. The maximum Gasteiger partial charge on any atom is 0.345 e. The summed E-state index contributed by atoms with van der Waals surface area (Å²) in [7, 11) is -6.26. The molecule has 0 amide bonds. The van der Waals surface area contributed by atoms with E-state index < -0.39 is 21.6 Å². The zero-order valence-electron chi connectivity index (χ0n) is 16.5. The Morgan fingerprint density at radius 1 is 1.13 bits per heavy atom. The van der Waals surface area contributed by atoms with Crippen LogP contribution in [0.5, 0.6) is 0 Å². The number of rotatable bonds is 15. The maximum atomic E-state index is 12.2. The molecule has 1 aliphatic heterocycles. The number of hydrogen-bond acceptors (Lipinski definition) is 6. The number of alkyl halides is 4. The number of aliphatic hydroxyl groups is 1. The van der Waals surface area contributed by atoms with Crippen LogP contribution in [0.4, 0.5) is 0 Å². The van der Waals surface area contributed by atoms with Crippen molar-refractivity contribution in [3.63, 3.8) is 0 Å². The van der Waals surface area contributed by atoms with E-state index in [0.717, 1.165) is 0 Å². The Kier molecular flexibility index (Phi) is 19.1. The third-order valence-corrected chi connectivity index (χ3v) is 8.24. The van der Waals surface area contributed by atoms with Gasteiger partial charge < -0.3 is 18.9 Å². The van der Waals surface area contributed by atoms with Crippen LogP contribution in [0.25, 0.3) is 0 Å². The largest absolute Gasteiger partial charge is 0.378 e. The van der Waals surface area contributed by atoms with Gasteiger partial charge in [-0.15, -0.1) is 46.4 Å². The van der Waals surface area contributed by atoms with Crippen molar-refractivity contribution in [2.75, 3.05) is 62.9 Å². The summed E-state index contributed by atoms with van der Waals surface area (Å²) in [5.41, 5.74) is 0. The summed E-state index contributed by atoms with van der Waals surface area (Å²) in [6.45, 7) is 1.77. The van der Waals surface area contributed by atoms with E-state index in [1.54, 1.807) is 0 Å². The SMILES string of the molecule is O=CCCOP(=O)(NCCCl)NCCCl.O=P1(NCCCl)OCCC(O)N1CCCl. The number of carbonyl (C=O) groups excluding carboxylic acids is 1. The summed E-state index contributed by atoms with van der Waals surface area (Å²) in [6, 6.07) is 0. The number of nitrogens with zero attached hydrogens (tertiary/aromatic N) is 1. The molecule has 1 saturated heterocycles. The number of hydrogen-bond donors (Lipinski definition) is 4. The number of aliphatic hydroxyl groups excluding tert-OH is 1. The summed E-state index contributed by atoms with van der Waals surface area (Å²) in [5.74, 6) is 1.26. The Hall–Kier alpha value is 1.01. The van der Waals surface area contributed by atoms with E-state index in [4.69, 9.17) is 55.5 Å². The van der Waals surface area contributed by atoms with Gasteiger partial charge in [-0.05, 0) is 0 Å². The lowest BCUT2D eigenvalue weighted by molar-refractivity contribution is -0.108. The van der Waals surface area contributed by atoms with Gasteiger partial charge in [0.25, 0.3) is 0 Å². The van der Waals surface area contributed by atoms with E-state index in [0.29, 0.717) is 56.5 Å². The Bertz CT molecular complexity index is 543. The molecule has 30 heavy (non-hydrogen) atoms. The molecule has 0 aromatic rings. The van der Waals surface area contributed by atoms with Gasteiger partial charge in [0.15, 0.2) is 0 Å². The van der Waals surface area contributed by atoms with Crippen molar-refractivity contribution < 1.29 is 28.1 Å². The topological polar surface area (TPSA) is 129 Å². The molecule has 0 radical (unpaired) electrons. The molecule has 10 nitrogen and oxygen atoms in total. The lowest BCUT2D eigenvalue weighted by Crippen LogP contribution is -2.43. The molecule has 180 valence electrons. The minimum atomic E-state index is -3.15. The molecule has 4 N–H and O–H groups in total.